The summed E-state index contributed by atoms with van der Waals surface area (Å²) in [6.07, 6.45) is 3.72. The lowest BCUT2D eigenvalue weighted by Crippen LogP contribution is -2.65. The standard InChI is InChI=1S/C15H25NO5/c1-3-6-14-9-19-15(20-10-14,21-11-14)12-5-4-7-16(8-12)13(17)18-2/h12H,3-11H2,1-2H3. The Morgan fingerprint density at radius 3 is 2.52 bits per heavy atom. The van der Waals surface area contributed by atoms with Gasteiger partial charge in [0, 0.05) is 18.5 Å². The third-order valence-corrected chi connectivity index (χ3v) is 4.87. The summed E-state index contributed by atoms with van der Waals surface area (Å²) in [5.74, 6) is -0.910. The summed E-state index contributed by atoms with van der Waals surface area (Å²) < 4.78 is 22.8. The van der Waals surface area contributed by atoms with Gasteiger partial charge in [-0.1, -0.05) is 13.3 Å². The van der Waals surface area contributed by atoms with Crippen molar-refractivity contribution in [3.63, 3.8) is 0 Å². The second-order valence-corrected chi connectivity index (χ2v) is 6.47. The van der Waals surface area contributed by atoms with E-state index in [1.54, 1.807) is 4.90 Å². The van der Waals surface area contributed by atoms with Crippen LogP contribution in [0.4, 0.5) is 4.79 Å². The molecule has 0 N–H and O–H groups in total. The maximum absolute atomic E-state index is 11.7. The third kappa shape index (κ3) is 2.64. The van der Waals surface area contributed by atoms with E-state index in [4.69, 9.17) is 18.9 Å². The van der Waals surface area contributed by atoms with E-state index < -0.39 is 5.97 Å². The van der Waals surface area contributed by atoms with Crippen LogP contribution in [0.15, 0.2) is 0 Å². The van der Waals surface area contributed by atoms with Crippen LogP contribution in [-0.4, -0.2) is 57.0 Å². The van der Waals surface area contributed by atoms with Crippen molar-refractivity contribution in [2.45, 2.75) is 38.6 Å². The van der Waals surface area contributed by atoms with Gasteiger partial charge in [-0.2, -0.15) is 0 Å². The van der Waals surface area contributed by atoms with Crippen molar-refractivity contribution in [1.29, 1.82) is 0 Å². The molecule has 4 aliphatic rings. The molecule has 6 heteroatoms. The van der Waals surface area contributed by atoms with Gasteiger partial charge in [0.15, 0.2) is 0 Å². The van der Waals surface area contributed by atoms with E-state index in [0.717, 1.165) is 32.2 Å². The minimum Gasteiger partial charge on any atom is -0.453 e. The van der Waals surface area contributed by atoms with Gasteiger partial charge in [-0.25, -0.2) is 4.79 Å². The zero-order valence-corrected chi connectivity index (χ0v) is 12.9. The summed E-state index contributed by atoms with van der Waals surface area (Å²) >= 11 is 0. The molecule has 120 valence electrons. The highest BCUT2D eigenvalue weighted by molar-refractivity contribution is 5.67. The number of ether oxygens (including phenoxy) is 4. The monoisotopic (exact) mass is 299 g/mol. The predicted molar refractivity (Wildman–Crippen MR) is 74.6 cm³/mol. The largest absolute Gasteiger partial charge is 0.453 e. The zero-order valence-electron chi connectivity index (χ0n) is 12.9. The van der Waals surface area contributed by atoms with E-state index in [2.05, 4.69) is 6.92 Å². The van der Waals surface area contributed by atoms with E-state index in [1.807, 2.05) is 0 Å². The average Bonchev–Trinajstić information content (AvgIpc) is 2.56. The first-order valence-corrected chi connectivity index (χ1v) is 7.88. The van der Waals surface area contributed by atoms with Gasteiger partial charge in [-0.15, -0.1) is 0 Å². The van der Waals surface area contributed by atoms with Crippen molar-refractivity contribution >= 4 is 6.09 Å². The number of hydrogen-bond donors (Lipinski definition) is 0. The van der Waals surface area contributed by atoms with Crippen LogP contribution in [0.2, 0.25) is 0 Å². The molecule has 0 radical (unpaired) electrons. The summed E-state index contributed by atoms with van der Waals surface area (Å²) in [5, 5.41) is 0. The van der Waals surface area contributed by atoms with E-state index >= 15 is 0 Å². The van der Waals surface area contributed by atoms with Gasteiger partial charge in [-0.05, 0) is 19.3 Å². The SMILES string of the molecule is CCCC12COC(C3CCCN(C(=O)OC)C3)(OC1)OC2. The first-order valence-electron chi connectivity index (χ1n) is 7.88. The molecule has 4 heterocycles. The van der Waals surface area contributed by atoms with Crippen molar-refractivity contribution in [3.8, 4) is 0 Å². The lowest BCUT2D eigenvalue weighted by atomic mass is 9.82. The van der Waals surface area contributed by atoms with Crippen molar-refractivity contribution in [2.24, 2.45) is 11.3 Å². The lowest BCUT2D eigenvalue weighted by molar-refractivity contribution is -0.488. The van der Waals surface area contributed by atoms with Gasteiger partial charge in [0.1, 0.15) is 0 Å². The van der Waals surface area contributed by atoms with Crippen LogP contribution in [0, 0.1) is 11.3 Å². The van der Waals surface area contributed by atoms with E-state index in [0.29, 0.717) is 26.4 Å². The normalized spacial score (nSPS) is 39.3. The predicted octanol–water partition coefficient (Wildman–Crippen LogP) is 1.98. The molecule has 0 spiro atoms. The second-order valence-electron chi connectivity index (χ2n) is 6.47. The molecule has 0 aromatic heterocycles. The molecule has 1 amide bonds. The molecule has 4 aliphatic heterocycles. The number of carbonyl (C=O) groups excluding carboxylic acids is 1. The number of carbonyl (C=O) groups is 1. The molecular formula is C15H25NO5. The quantitative estimate of drug-likeness (QED) is 0.797. The topological polar surface area (TPSA) is 57.2 Å². The number of amides is 1. The molecule has 1 atom stereocenters. The zero-order chi connectivity index (χ0) is 14.9. The minimum absolute atomic E-state index is 0.0210. The summed E-state index contributed by atoms with van der Waals surface area (Å²) in [6, 6.07) is 0. The highest BCUT2D eigenvalue weighted by Crippen LogP contribution is 2.46. The second kappa shape index (κ2) is 5.74. The Labute approximate surface area is 125 Å². The molecule has 4 fully saturated rings. The number of methoxy groups -OCH3 is 1. The van der Waals surface area contributed by atoms with Gasteiger partial charge >= 0.3 is 6.09 Å². The Morgan fingerprint density at radius 1 is 1.29 bits per heavy atom. The summed E-state index contributed by atoms with van der Waals surface area (Å²) in [5.41, 5.74) is 0.0210. The summed E-state index contributed by atoms with van der Waals surface area (Å²) in [4.78, 5) is 13.4. The van der Waals surface area contributed by atoms with Gasteiger partial charge < -0.3 is 23.8 Å². The van der Waals surface area contributed by atoms with Crippen LogP contribution >= 0.6 is 0 Å². The third-order valence-electron chi connectivity index (χ3n) is 4.87. The van der Waals surface area contributed by atoms with Gasteiger partial charge in [0.25, 0.3) is 5.97 Å². The van der Waals surface area contributed by atoms with Crippen molar-refractivity contribution in [1.82, 2.24) is 4.90 Å². The Kier molecular flexibility index (Phi) is 4.12. The maximum Gasteiger partial charge on any atom is 0.409 e. The van der Waals surface area contributed by atoms with Gasteiger partial charge in [0.2, 0.25) is 0 Å². The number of fused-ring (bicyclic) bond motifs is 3. The summed E-state index contributed by atoms with van der Waals surface area (Å²) in [6.45, 7) is 5.52. The molecular weight excluding hydrogens is 274 g/mol. The Bertz CT molecular complexity index is 375. The van der Waals surface area contributed by atoms with Crippen LogP contribution < -0.4 is 0 Å². The highest BCUT2D eigenvalue weighted by atomic mass is 16.9. The van der Waals surface area contributed by atoms with Crippen LogP contribution in [-0.2, 0) is 18.9 Å². The summed E-state index contributed by atoms with van der Waals surface area (Å²) in [7, 11) is 1.41. The van der Waals surface area contributed by atoms with Crippen molar-refractivity contribution in [3.05, 3.63) is 0 Å². The molecule has 21 heavy (non-hydrogen) atoms. The van der Waals surface area contributed by atoms with E-state index in [9.17, 15) is 4.79 Å². The minimum atomic E-state index is -0.956. The Morgan fingerprint density at radius 2 is 1.95 bits per heavy atom. The molecule has 0 aromatic carbocycles. The van der Waals surface area contributed by atoms with E-state index in [1.165, 1.54) is 7.11 Å². The highest BCUT2D eigenvalue weighted by Gasteiger charge is 2.56. The average molecular weight is 299 g/mol. The van der Waals surface area contributed by atoms with Crippen LogP contribution in [0.25, 0.3) is 0 Å². The number of rotatable bonds is 3. The van der Waals surface area contributed by atoms with Gasteiger partial charge in [-0.3, -0.25) is 0 Å². The van der Waals surface area contributed by atoms with Crippen LogP contribution in [0.1, 0.15) is 32.6 Å². The Balaban J connectivity index is 1.66. The molecule has 0 aromatic rings. The fourth-order valence-corrected chi connectivity index (χ4v) is 3.67. The first-order chi connectivity index (χ1) is 10.1. The maximum atomic E-state index is 11.7. The number of nitrogens with zero attached hydrogens (tertiary/aromatic N) is 1. The van der Waals surface area contributed by atoms with Crippen LogP contribution in [0.3, 0.4) is 0 Å². The Hall–Kier alpha value is -0.850. The molecule has 4 rings (SSSR count). The van der Waals surface area contributed by atoms with E-state index in [-0.39, 0.29) is 17.4 Å². The number of hydrogen-bond acceptors (Lipinski definition) is 5. The fraction of sp³-hybridized carbons (Fsp3) is 0.933. The number of likely N-dealkylation sites (tertiary alicyclic amines) is 1. The van der Waals surface area contributed by atoms with Crippen molar-refractivity contribution in [2.75, 3.05) is 40.0 Å². The molecule has 0 saturated carbocycles. The number of piperidine rings is 1. The molecule has 6 nitrogen and oxygen atoms in total. The van der Waals surface area contributed by atoms with Crippen molar-refractivity contribution < 1.29 is 23.7 Å². The first kappa shape index (κ1) is 15.1. The smallest absolute Gasteiger partial charge is 0.409 e. The molecule has 0 aliphatic carbocycles. The van der Waals surface area contributed by atoms with Gasteiger partial charge in [0.05, 0.1) is 32.8 Å². The molecule has 4 saturated heterocycles. The fourth-order valence-electron chi connectivity index (χ4n) is 3.67. The molecule has 2 bridgehead atoms. The lowest BCUT2D eigenvalue weighted by Gasteiger charge is -2.55. The van der Waals surface area contributed by atoms with Crippen LogP contribution in [0.5, 0.6) is 0 Å². The molecule has 1 unspecified atom stereocenters.